The van der Waals surface area contributed by atoms with Gasteiger partial charge in [0.05, 0.1) is 23.7 Å². The van der Waals surface area contributed by atoms with Crippen molar-refractivity contribution in [2.24, 2.45) is 0 Å². The maximum absolute atomic E-state index is 13.1. The van der Waals surface area contributed by atoms with Crippen LogP contribution in [0.3, 0.4) is 0 Å². The number of Topliss-reactive ketones (excluding diaryl/α,β-unsaturated/α-hetero) is 1. The molecule has 2 aromatic carbocycles. The molecule has 0 saturated carbocycles. The molecule has 1 aromatic heterocycles. The maximum atomic E-state index is 13.1. The lowest BCUT2D eigenvalue weighted by Gasteiger charge is -2.25. The Hall–Kier alpha value is -3.25. The number of hydrogen-bond acceptors (Lipinski definition) is 4. The van der Waals surface area contributed by atoms with E-state index in [1.807, 2.05) is 30.5 Å². The summed E-state index contributed by atoms with van der Waals surface area (Å²) in [6.07, 6.45) is 4.52. The second-order valence-electron chi connectivity index (χ2n) is 7.84. The average Bonchev–Trinajstić information content (AvgIpc) is 3.33. The summed E-state index contributed by atoms with van der Waals surface area (Å²) in [6.45, 7) is 2.52. The number of carbonyl (C=O) groups excluding carboxylic acids is 2. The number of amides is 1. The van der Waals surface area contributed by atoms with Crippen molar-refractivity contribution in [3.8, 4) is 5.75 Å². The summed E-state index contributed by atoms with van der Waals surface area (Å²) >= 11 is 6.13. The van der Waals surface area contributed by atoms with Gasteiger partial charge < -0.3 is 19.7 Å². The highest BCUT2D eigenvalue weighted by molar-refractivity contribution is 6.46. The highest BCUT2D eigenvalue weighted by atomic mass is 35.5. The minimum absolute atomic E-state index is 0.0700. The van der Waals surface area contributed by atoms with Gasteiger partial charge in [-0.15, -0.1) is 0 Å². The number of aromatic amines is 1. The molecule has 1 atom stereocenters. The van der Waals surface area contributed by atoms with Gasteiger partial charge in [-0.3, -0.25) is 9.59 Å². The number of ketones is 1. The van der Waals surface area contributed by atoms with Crippen molar-refractivity contribution in [2.45, 2.75) is 32.2 Å². The standard InChI is InChI=1S/C25H25ClN2O4/c1-3-4-7-12-28-22(17-14-27-19-9-6-5-8-16(17)19)21(24(30)25(28)31)23(29)15-10-11-18(26)20(13-15)32-2/h5-6,8-11,13-14,22,27,29H,3-4,7,12H2,1-2H3/b23-21+. The highest BCUT2D eigenvalue weighted by Crippen LogP contribution is 2.42. The summed E-state index contributed by atoms with van der Waals surface area (Å²) in [5, 5.41) is 12.5. The Balaban J connectivity index is 1.89. The number of rotatable bonds is 7. The number of methoxy groups -OCH3 is 1. The first kappa shape index (κ1) is 22.0. The molecule has 32 heavy (non-hydrogen) atoms. The van der Waals surface area contributed by atoms with Crippen molar-refractivity contribution in [3.05, 3.63) is 70.4 Å². The Bertz CT molecular complexity index is 1210. The number of nitrogens with one attached hydrogen (secondary N) is 1. The van der Waals surface area contributed by atoms with Gasteiger partial charge in [-0.05, 0) is 30.7 Å². The van der Waals surface area contributed by atoms with E-state index < -0.39 is 17.7 Å². The number of hydrogen-bond donors (Lipinski definition) is 2. The molecule has 0 spiro atoms. The third kappa shape index (κ3) is 3.75. The van der Waals surface area contributed by atoms with Crippen LogP contribution in [0.15, 0.2) is 54.2 Å². The van der Waals surface area contributed by atoms with E-state index >= 15 is 0 Å². The minimum Gasteiger partial charge on any atom is -0.507 e. The fraction of sp³-hybridized carbons (Fsp3) is 0.280. The van der Waals surface area contributed by atoms with Crippen LogP contribution in [-0.2, 0) is 9.59 Å². The molecule has 3 aromatic rings. The van der Waals surface area contributed by atoms with Crippen LogP contribution in [0.5, 0.6) is 5.75 Å². The highest BCUT2D eigenvalue weighted by Gasteiger charge is 2.46. The van der Waals surface area contributed by atoms with Crippen LogP contribution in [0.2, 0.25) is 5.02 Å². The van der Waals surface area contributed by atoms with E-state index in [1.54, 1.807) is 23.1 Å². The van der Waals surface area contributed by atoms with Gasteiger partial charge in [-0.1, -0.05) is 49.6 Å². The number of benzene rings is 2. The van der Waals surface area contributed by atoms with E-state index in [4.69, 9.17) is 16.3 Å². The number of nitrogens with zero attached hydrogens (tertiary/aromatic N) is 1. The molecule has 2 N–H and O–H groups in total. The van der Waals surface area contributed by atoms with Crippen molar-refractivity contribution in [1.82, 2.24) is 9.88 Å². The molecule has 4 rings (SSSR count). The summed E-state index contributed by atoms with van der Waals surface area (Å²) in [6, 6.07) is 11.8. The molecule has 1 aliphatic rings. The molecule has 7 heteroatoms. The molecular formula is C25H25ClN2O4. The van der Waals surface area contributed by atoms with Crippen LogP contribution >= 0.6 is 11.6 Å². The fourth-order valence-corrected chi connectivity index (χ4v) is 4.44. The number of H-pyrrole nitrogens is 1. The van der Waals surface area contributed by atoms with Gasteiger partial charge >= 0.3 is 0 Å². The number of aliphatic hydroxyl groups excluding tert-OH is 1. The molecule has 0 aliphatic carbocycles. The van der Waals surface area contributed by atoms with Gasteiger partial charge in [0, 0.05) is 34.8 Å². The molecule has 1 amide bonds. The second-order valence-corrected chi connectivity index (χ2v) is 8.25. The van der Waals surface area contributed by atoms with Crippen LogP contribution in [0, 0.1) is 0 Å². The molecule has 1 aliphatic heterocycles. The van der Waals surface area contributed by atoms with Crippen LogP contribution in [0.1, 0.15) is 43.4 Å². The molecule has 0 bridgehead atoms. The topological polar surface area (TPSA) is 82.6 Å². The largest absolute Gasteiger partial charge is 0.507 e. The molecule has 1 fully saturated rings. The molecule has 6 nitrogen and oxygen atoms in total. The zero-order valence-corrected chi connectivity index (χ0v) is 18.8. The summed E-state index contributed by atoms with van der Waals surface area (Å²) in [5.74, 6) is -1.16. The van der Waals surface area contributed by atoms with E-state index in [-0.39, 0.29) is 11.3 Å². The Morgan fingerprint density at radius 2 is 1.97 bits per heavy atom. The number of halogens is 1. The van der Waals surface area contributed by atoms with E-state index in [2.05, 4.69) is 11.9 Å². The number of aromatic nitrogens is 1. The lowest BCUT2D eigenvalue weighted by molar-refractivity contribution is -0.139. The van der Waals surface area contributed by atoms with Crippen LogP contribution in [0.25, 0.3) is 16.7 Å². The zero-order chi connectivity index (χ0) is 22.8. The first-order valence-electron chi connectivity index (χ1n) is 10.7. The summed E-state index contributed by atoms with van der Waals surface area (Å²) < 4.78 is 5.26. The summed E-state index contributed by atoms with van der Waals surface area (Å²) in [5.41, 5.74) is 2.11. The molecule has 1 saturated heterocycles. The van der Waals surface area contributed by atoms with Crippen LogP contribution in [0.4, 0.5) is 0 Å². The van der Waals surface area contributed by atoms with Gasteiger partial charge in [-0.2, -0.15) is 0 Å². The van der Waals surface area contributed by atoms with Crippen molar-refractivity contribution in [2.75, 3.05) is 13.7 Å². The fourth-order valence-electron chi connectivity index (χ4n) is 4.25. The molecule has 1 unspecified atom stereocenters. The van der Waals surface area contributed by atoms with Gasteiger partial charge in [-0.25, -0.2) is 0 Å². The van der Waals surface area contributed by atoms with Crippen molar-refractivity contribution in [1.29, 1.82) is 0 Å². The van der Waals surface area contributed by atoms with E-state index in [9.17, 15) is 14.7 Å². The third-order valence-electron chi connectivity index (χ3n) is 5.88. The average molecular weight is 453 g/mol. The SMILES string of the molecule is CCCCCN1C(=O)C(=O)/C(=C(/O)c2ccc(Cl)c(OC)c2)C1c1c[nH]c2ccccc12. The minimum atomic E-state index is -0.691. The first-order valence-corrected chi connectivity index (χ1v) is 11.0. The smallest absolute Gasteiger partial charge is 0.295 e. The lowest BCUT2D eigenvalue weighted by atomic mass is 9.94. The molecule has 166 valence electrons. The quantitative estimate of drug-likeness (QED) is 0.216. The van der Waals surface area contributed by atoms with E-state index in [0.29, 0.717) is 22.9 Å². The number of carbonyl (C=O) groups is 2. The normalized spacial score (nSPS) is 18.0. The van der Waals surface area contributed by atoms with Crippen LogP contribution in [-0.4, -0.2) is 40.3 Å². The van der Waals surface area contributed by atoms with Gasteiger partial charge in [0.25, 0.3) is 11.7 Å². The summed E-state index contributed by atoms with van der Waals surface area (Å²) in [7, 11) is 1.48. The Kier molecular flexibility index (Phi) is 6.24. The monoisotopic (exact) mass is 452 g/mol. The number of ether oxygens (including phenoxy) is 1. The summed E-state index contributed by atoms with van der Waals surface area (Å²) in [4.78, 5) is 31.0. The third-order valence-corrected chi connectivity index (χ3v) is 6.20. The van der Waals surface area contributed by atoms with Crippen molar-refractivity contribution in [3.63, 3.8) is 0 Å². The lowest BCUT2D eigenvalue weighted by Crippen LogP contribution is -2.30. The number of unbranched alkanes of at least 4 members (excludes halogenated alkanes) is 2. The van der Waals surface area contributed by atoms with Gasteiger partial charge in [0.2, 0.25) is 0 Å². The van der Waals surface area contributed by atoms with Crippen molar-refractivity contribution < 1.29 is 19.4 Å². The van der Waals surface area contributed by atoms with E-state index in [1.165, 1.54) is 7.11 Å². The Labute approximate surface area is 191 Å². The number of aliphatic hydroxyl groups is 1. The predicted molar refractivity (Wildman–Crippen MR) is 125 cm³/mol. The van der Waals surface area contributed by atoms with Gasteiger partial charge in [0.1, 0.15) is 11.5 Å². The molecular weight excluding hydrogens is 428 g/mol. The maximum Gasteiger partial charge on any atom is 0.295 e. The molecule has 0 radical (unpaired) electrons. The Morgan fingerprint density at radius 1 is 1.19 bits per heavy atom. The zero-order valence-electron chi connectivity index (χ0n) is 18.0. The number of fused-ring (bicyclic) bond motifs is 1. The predicted octanol–water partition coefficient (Wildman–Crippen LogP) is 5.44. The van der Waals surface area contributed by atoms with Crippen molar-refractivity contribution >= 4 is 40.0 Å². The van der Waals surface area contributed by atoms with E-state index in [0.717, 1.165) is 35.7 Å². The molecule has 2 heterocycles. The second kappa shape index (κ2) is 9.09. The van der Waals surface area contributed by atoms with Gasteiger partial charge in [0.15, 0.2) is 0 Å². The number of para-hydroxylation sites is 1. The number of likely N-dealkylation sites (tertiary alicyclic amines) is 1. The van der Waals surface area contributed by atoms with Crippen LogP contribution < -0.4 is 4.74 Å². The first-order chi connectivity index (χ1) is 15.5. The Morgan fingerprint density at radius 3 is 2.72 bits per heavy atom.